The first-order valence-electron chi connectivity index (χ1n) is 6.95. The summed E-state index contributed by atoms with van der Waals surface area (Å²) in [7, 11) is 0. The second kappa shape index (κ2) is 5.97. The average molecular weight is 283 g/mol. The molecular formula is C15H17N5O. The van der Waals surface area contributed by atoms with Crippen LogP contribution in [0.25, 0.3) is 10.9 Å². The molecular weight excluding hydrogens is 266 g/mol. The van der Waals surface area contributed by atoms with E-state index in [1.54, 1.807) is 4.68 Å². The lowest BCUT2D eigenvalue weighted by Gasteiger charge is -2.05. The molecule has 0 unspecified atom stereocenters. The maximum Gasteiger partial charge on any atom is 0.150 e. The van der Waals surface area contributed by atoms with E-state index in [2.05, 4.69) is 20.3 Å². The van der Waals surface area contributed by atoms with Gasteiger partial charge in [-0.3, -0.25) is 0 Å². The molecule has 0 fully saturated rings. The van der Waals surface area contributed by atoms with Gasteiger partial charge in [0.05, 0.1) is 18.3 Å². The highest BCUT2D eigenvalue weighted by atomic mass is 16.5. The Morgan fingerprint density at radius 2 is 2.05 bits per heavy atom. The van der Waals surface area contributed by atoms with Gasteiger partial charge in [0, 0.05) is 17.7 Å². The van der Waals surface area contributed by atoms with Crippen LogP contribution in [-0.4, -0.2) is 31.6 Å². The Morgan fingerprint density at radius 1 is 1.19 bits per heavy atom. The number of aryl methyl sites for hydroxylation is 1. The predicted molar refractivity (Wildman–Crippen MR) is 78.7 cm³/mol. The van der Waals surface area contributed by atoms with Gasteiger partial charge < -0.3 is 4.74 Å². The van der Waals surface area contributed by atoms with Crippen molar-refractivity contribution in [3.63, 3.8) is 0 Å². The summed E-state index contributed by atoms with van der Waals surface area (Å²) >= 11 is 0. The molecule has 2 heterocycles. The highest BCUT2D eigenvalue weighted by Gasteiger charge is 2.07. The minimum Gasteiger partial charge on any atom is -0.375 e. The maximum absolute atomic E-state index is 5.31. The smallest absolute Gasteiger partial charge is 0.150 e. The fourth-order valence-electron chi connectivity index (χ4n) is 2.20. The SMILES string of the molecule is CCOCc1cn(Cc2nc(C)c3ccccc3n2)nn1. The molecule has 6 nitrogen and oxygen atoms in total. The molecule has 108 valence electrons. The molecule has 0 aliphatic heterocycles. The quantitative estimate of drug-likeness (QED) is 0.717. The van der Waals surface area contributed by atoms with Gasteiger partial charge in [0.25, 0.3) is 0 Å². The second-order valence-electron chi connectivity index (χ2n) is 4.79. The zero-order valence-corrected chi connectivity index (χ0v) is 12.2. The van der Waals surface area contributed by atoms with Crippen molar-refractivity contribution in [2.45, 2.75) is 27.0 Å². The standard InChI is InChI=1S/C15H17N5O/c1-3-21-10-12-8-20(19-18-12)9-15-16-11(2)13-6-4-5-7-14(13)17-15/h4-8H,3,9-10H2,1-2H3. The molecule has 0 saturated heterocycles. The Morgan fingerprint density at radius 3 is 2.90 bits per heavy atom. The molecule has 0 spiro atoms. The van der Waals surface area contributed by atoms with Gasteiger partial charge in [0.2, 0.25) is 0 Å². The number of nitrogens with zero attached hydrogens (tertiary/aromatic N) is 5. The normalized spacial score (nSPS) is 11.1. The van der Waals surface area contributed by atoms with Crippen LogP contribution in [0.4, 0.5) is 0 Å². The first kappa shape index (κ1) is 13.6. The topological polar surface area (TPSA) is 65.7 Å². The third-order valence-electron chi connectivity index (χ3n) is 3.18. The molecule has 0 radical (unpaired) electrons. The predicted octanol–water partition coefficient (Wildman–Crippen LogP) is 2.11. The minimum absolute atomic E-state index is 0.480. The lowest BCUT2D eigenvalue weighted by atomic mass is 10.2. The molecule has 0 aliphatic carbocycles. The Kier molecular flexibility index (Phi) is 3.87. The van der Waals surface area contributed by atoms with Crippen LogP contribution in [0.3, 0.4) is 0 Å². The molecule has 0 bridgehead atoms. The summed E-state index contributed by atoms with van der Waals surface area (Å²) in [5.74, 6) is 0.735. The zero-order valence-electron chi connectivity index (χ0n) is 12.2. The van der Waals surface area contributed by atoms with Crippen molar-refractivity contribution in [1.82, 2.24) is 25.0 Å². The first-order chi connectivity index (χ1) is 10.3. The number of hydrogen-bond acceptors (Lipinski definition) is 5. The summed E-state index contributed by atoms with van der Waals surface area (Å²) in [5, 5.41) is 9.23. The summed E-state index contributed by atoms with van der Waals surface area (Å²) in [5.41, 5.74) is 2.74. The largest absolute Gasteiger partial charge is 0.375 e. The third-order valence-corrected chi connectivity index (χ3v) is 3.18. The molecule has 6 heteroatoms. The van der Waals surface area contributed by atoms with Crippen LogP contribution in [0, 0.1) is 6.92 Å². The monoisotopic (exact) mass is 283 g/mol. The fourth-order valence-corrected chi connectivity index (χ4v) is 2.20. The van der Waals surface area contributed by atoms with E-state index in [9.17, 15) is 0 Å². The minimum atomic E-state index is 0.480. The van der Waals surface area contributed by atoms with Gasteiger partial charge >= 0.3 is 0 Å². The number of rotatable bonds is 5. The molecule has 21 heavy (non-hydrogen) atoms. The Bertz CT molecular complexity index is 753. The van der Waals surface area contributed by atoms with Gasteiger partial charge in [0.15, 0.2) is 5.82 Å². The van der Waals surface area contributed by atoms with Crippen molar-refractivity contribution in [3.05, 3.63) is 47.7 Å². The van der Waals surface area contributed by atoms with Crippen molar-refractivity contribution in [2.24, 2.45) is 0 Å². The summed E-state index contributed by atoms with van der Waals surface area (Å²) in [6.07, 6.45) is 1.86. The highest BCUT2D eigenvalue weighted by molar-refractivity contribution is 5.80. The molecule has 0 N–H and O–H groups in total. The lowest BCUT2D eigenvalue weighted by molar-refractivity contribution is 0.131. The van der Waals surface area contributed by atoms with Crippen LogP contribution in [0.15, 0.2) is 30.5 Å². The number of ether oxygens (including phenoxy) is 1. The molecule has 0 amide bonds. The van der Waals surface area contributed by atoms with Crippen LogP contribution in [0.5, 0.6) is 0 Å². The van der Waals surface area contributed by atoms with E-state index < -0.39 is 0 Å². The Balaban J connectivity index is 1.83. The first-order valence-corrected chi connectivity index (χ1v) is 6.95. The zero-order chi connectivity index (χ0) is 14.7. The van der Waals surface area contributed by atoms with Gasteiger partial charge in [-0.05, 0) is 19.9 Å². The van der Waals surface area contributed by atoms with Crippen molar-refractivity contribution in [2.75, 3.05) is 6.61 Å². The number of hydrogen-bond donors (Lipinski definition) is 0. The average Bonchev–Trinajstić information content (AvgIpc) is 2.92. The maximum atomic E-state index is 5.31. The Labute approximate surface area is 122 Å². The van der Waals surface area contributed by atoms with E-state index in [-0.39, 0.29) is 0 Å². The van der Waals surface area contributed by atoms with Crippen LogP contribution in [0.2, 0.25) is 0 Å². The van der Waals surface area contributed by atoms with Crippen molar-refractivity contribution >= 4 is 10.9 Å². The molecule has 0 aliphatic rings. The molecule has 3 rings (SSSR count). The molecule has 1 aromatic carbocycles. The van der Waals surface area contributed by atoms with Crippen LogP contribution < -0.4 is 0 Å². The summed E-state index contributed by atoms with van der Waals surface area (Å²) in [6.45, 7) is 5.60. The van der Waals surface area contributed by atoms with Crippen molar-refractivity contribution in [3.8, 4) is 0 Å². The lowest BCUT2D eigenvalue weighted by Crippen LogP contribution is -2.06. The van der Waals surface area contributed by atoms with E-state index in [1.165, 1.54) is 0 Å². The van der Waals surface area contributed by atoms with E-state index in [4.69, 9.17) is 4.74 Å². The summed E-state index contributed by atoms with van der Waals surface area (Å²) < 4.78 is 7.05. The van der Waals surface area contributed by atoms with Gasteiger partial charge in [-0.25, -0.2) is 14.6 Å². The van der Waals surface area contributed by atoms with Gasteiger partial charge in [-0.2, -0.15) is 0 Å². The number of aromatic nitrogens is 5. The van der Waals surface area contributed by atoms with Gasteiger partial charge in [0.1, 0.15) is 12.2 Å². The number of para-hydroxylation sites is 1. The van der Waals surface area contributed by atoms with E-state index in [0.717, 1.165) is 28.1 Å². The van der Waals surface area contributed by atoms with Crippen molar-refractivity contribution < 1.29 is 4.74 Å². The summed E-state index contributed by atoms with van der Waals surface area (Å²) in [4.78, 5) is 9.11. The second-order valence-corrected chi connectivity index (χ2v) is 4.79. The van der Waals surface area contributed by atoms with E-state index in [1.807, 2.05) is 44.3 Å². The van der Waals surface area contributed by atoms with Crippen LogP contribution in [0.1, 0.15) is 24.1 Å². The van der Waals surface area contributed by atoms with E-state index in [0.29, 0.717) is 19.8 Å². The van der Waals surface area contributed by atoms with Gasteiger partial charge in [-0.15, -0.1) is 5.10 Å². The molecule has 3 aromatic rings. The molecule has 2 aromatic heterocycles. The molecule has 0 saturated carbocycles. The highest BCUT2D eigenvalue weighted by Crippen LogP contribution is 2.14. The third kappa shape index (κ3) is 3.05. The number of benzene rings is 1. The van der Waals surface area contributed by atoms with Crippen LogP contribution in [-0.2, 0) is 17.9 Å². The summed E-state index contributed by atoms with van der Waals surface area (Å²) in [6, 6.07) is 8.00. The van der Waals surface area contributed by atoms with Gasteiger partial charge in [-0.1, -0.05) is 23.4 Å². The van der Waals surface area contributed by atoms with Crippen LogP contribution >= 0.6 is 0 Å². The Hall–Kier alpha value is -2.34. The molecule has 0 atom stereocenters. The van der Waals surface area contributed by atoms with Crippen molar-refractivity contribution in [1.29, 1.82) is 0 Å². The fraction of sp³-hybridized carbons (Fsp3) is 0.333. The number of fused-ring (bicyclic) bond motifs is 1. The van der Waals surface area contributed by atoms with E-state index >= 15 is 0 Å².